The number of hydrogen-bond acceptors (Lipinski definition) is 3. The van der Waals surface area contributed by atoms with Crippen molar-refractivity contribution in [3.8, 4) is 0 Å². The highest BCUT2D eigenvalue weighted by atomic mass is 16.3. The first-order valence-corrected chi connectivity index (χ1v) is 9.12. The van der Waals surface area contributed by atoms with Gasteiger partial charge in [0.15, 0.2) is 5.96 Å². The summed E-state index contributed by atoms with van der Waals surface area (Å²) < 4.78 is 0. The van der Waals surface area contributed by atoms with Crippen molar-refractivity contribution in [1.29, 1.82) is 0 Å². The minimum absolute atomic E-state index is 0.0181. The van der Waals surface area contributed by atoms with Crippen LogP contribution in [0.5, 0.6) is 0 Å². The van der Waals surface area contributed by atoms with Crippen LogP contribution in [0.15, 0.2) is 35.3 Å². The Morgan fingerprint density at radius 2 is 1.72 bits per heavy atom. The number of nitrogens with one attached hydrogen (secondary N) is 3. The van der Waals surface area contributed by atoms with Crippen molar-refractivity contribution in [2.24, 2.45) is 4.99 Å². The fourth-order valence-corrected chi connectivity index (χ4v) is 2.70. The molecule has 0 aliphatic heterocycles. The van der Waals surface area contributed by atoms with E-state index in [0.717, 1.165) is 31.4 Å². The normalized spacial score (nSPS) is 11.9. The van der Waals surface area contributed by atoms with E-state index in [9.17, 15) is 9.90 Å². The zero-order chi connectivity index (χ0) is 18.5. The highest BCUT2D eigenvalue weighted by Crippen LogP contribution is 2.18. The number of anilines is 1. The van der Waals surface area contributed by atoms with Gasteiger partial charge in [0.2, 0.25) is 5.91 Å². The molecule has 0 saturated carbocycles. The first kappa shape index (κ1) is 21.0. The molecule has 1 aromatic carbocycles. The van der Waals surface area contributed by atoms with Crippen LogP contribution in [0, 0.1) is 0 Å². The number of aliphatic imine (C=N–C) groups is 1. The number of carbonyl (C=O) groups is 1. The van der Waals surface area contributed by atoms with Crippen molar-refractivity contribution in [2.75, 3.05) is 25.0 Å². The summed E-state index contributed by atoms with van der Waals surface area (Å²) in [5.41, 5.74) is 0.00680. The maximum atomic E-state index is 12.0. The van der Waals surface area contributed by atoms with Gasteiger partial charge >= 0.3 is 0 Å². The van der Waals surface area contributed by atoms with E-state index in [1.807, 2.05) is 37.3 Å². The molecule has 6 nitrogen and oxygen atoms in total. The highest BCUT2D eigenvalue weighted by Gasteiger charge is 2.24. The lowest BCUT2D eigenvalue weighted by Gasteiger charge is -2.28. The molecule has 0 aromatic heterocycles. The second kappa shape index (κ2) is 11.5. The topological polar surface area (TPSA) is 85.8 Å². The van der Waals surface area contributed by atoms with Crippen LogP contribution in [0.2, 0.25) is 0 Å². The lowest BCUT2D eigenvalue weighted by atomic mass is 9.93. The van der Waals surface area contributed by atoms with Crippen LogP contribution in [0.4, 0.5) is 5.69 Å². The van der Waals surface area contributed by atoms with Crippen molar-refractivity contribution in [2.45, 2.75) is 52.1 Å². The Kier molecular flexibility index (Phi) is 9.62. The molecular weight excluding hydrogens is 316 g/mol. The molecule has 0 spiro atoms. The van der Waals surface area contributed by atoms with Gasteiger partial charge in [0.1, 0.15) is 6.54 Å². The van der Waals surface area contributed by atoms with E-state index in [1.165, 1.54) is 0 Å². The van der Waals surface area contributed by atoms with Crippen molar-refractivity contribution in [3.05, 3.63) is 30.3 Å². The van der Waals surface area contributed by atoms with E-state index in [4.69, 9.17) is 0 Å². The lowest BCUT2D eigenvalue weighted by Crippen LogP contribution is -2.47. The molecule has 0 aliphatic carbocycles. The zero-order valence-corrected chi connectivity index (χ0v) is 15.6. The molecule has 0 aliphatic rings. The number of hydrogen-bond donors (Lipinski definition) is 4. The van der Waals surface area contributed by atoms with Crippen LogP contribution >= 0.6 is 0 Å². The van der Waals surface area contributed by atoms with Gasteiger partial charge in [0, 0.05) is 18.8 Å². The number of amides is 1. The SMILES string of the molecule is CCCC(O)(CCC)CNC(=NCC(=O)Nc1ccccc1)NCC. The Morgan fingerprint density at radius 3 is 2.28 bits per heavy atom. The second-order valence-electron chi connectivity index (χ2n) is 6.19. The smallest absolute Gasteiger partial charge is 0.246 e. The molecule has 0 atom stereocenters. The Balaban J connectivity index is 2.59. The summed E-state index contributed by atoms with van der Waals surface area (Å²) in [6.07, 6.45) is 3.32. The molecule has 0 fully saturated rings. The van der Waals surface area contributed by atoms with Gasteiger partial charge in [-0.15, -0.1) is 0 Å². The van der Waals surface area contributed by atoms with Crippen molar-refractivity contribution < 1.29 is 9.90 Å². The predicted molar refractivity (Wildman–Crippen MR) is 104 cm³/mol. The number of aliphatic hydroxyl groups is 1. The number of para-hydroxylation sites is 1. The monoisotopic (exact) mass is 348 g/mol. The third-order valence-electron chi connectivity index (χ3n) is 3.80. The van der Waals surface area contributed by atoms with Crippen molar-refractivity contribution >= 4 is 17.6 Å². The van der Waals surface area contributed by atoms with Gasteiger partial charge in [-0.05, 0) is 31.9 Å². The van der Waals surface area contributed by atoms with Crippen LogP contribution in [0.3, 0.4) is 0 Å². The van der Waals surface area contributed by atoms with Crippen LogP contribution in [0.1, 0.15) is 46.5 Å². The molecular formula is C19H32N4O2. The first-order chi connectivity index (χ1) is 12.0. The number of benzene rings is 1. The molecule has 25 heavy (non-hydrogen) atoms. The standard InChI is InChI=1S/C19H32N4O2/c1-4-12-19(25,13-5-2)15-22-18(20-6-3)21-14-17(24)23-16-10-8-7-9-11-16/h7-11,25H,4-6,12-15H2,1-3H3,(H,23,24)(H2,20,21,22). The number of rotatable bonds is 10. The Morgan fingerprint density at radius 1 is 1.08 bits per heavy atom. The van der Waals surface area contributed by atoms with Gasteiger partial charge in [-0.1, -0.05) is 44.9 Å². The minimum Gasteiger partial charge on any atom is -0.388 e. The predicted octanol–water partition coefficient (Wildman–Crippen LogP) is 2.51. The minimum atomic E-state index is -0.744. The summed E-state index contributed by atoms with van der Waals surface area (Å²) >= 11 is 0. The van der Waals surface area contributed by atoms with Crippen LogP contribution in [0.25, 0.3) is 0 Å². The Hall–Kier alpha value is -2.08. The number of nitrogens with zero attached hydrogens (tertiary/aromatic N) is 1. The molecule has 6 heteroatoms. The second-order valence-corrected chi connectivity index (χ2v) is 6.19. The largest absolute Gasteiger partial charge is 0.388 e. The fraction of sp³-hybridized carbons (Fsp3) is 0.579. The molecule has 0 unspecified atom stereocenters. The van der Waals surface area contributed by atoms with Crippen molar-refractivity contribution in [1.82, 2.24) is 10.6 Å². The Labute approximate surface area is 151 Å². The molecule has 4 N–H and O–H groups in total. The highest BCUT2D eigenvalue weighted by molar-refractivity contribution is 5.94. The summed E-state index contributed by atoms with van der Waals surface area (Å²) in [5, 5.41) is 19.7. The van der Waals surface area contributed by atoms with Gasteiger partial charge in [-0.3, -0.25) is 4.79 Å². The van der Waals surface area contributed by atoms with Crippen LogP contribution in [-0.2, 0) is 4.79 Å². The van der Waals surface area contributed by atoms with Crippen LogP contribution < -0.4 is 16.0 Å². The summed E-state index contributed by atoms with van der Waals surface area (Å²) in [4.78, 5) is 16.3. The van der Waals surface area contributed by atoms with Crippen LogP contribution in [-0.4, -0.2) is 42.2 Å². The van der Waals surface area contributed by atoms with Gasteiger partial charge in [-0.25, -0.2) is 4.99 Å². The molecule has 1 rings (SSSR count). The lowest BCUT2D eigenvalue weighted by molar-refractivity contribution is -0.114. The first-order valence-electron chi connectivity index (χ1n) is 9.12. The third kappa shape index (κ3) is 8.54. The maximum Gasteiger partial charge on any atom is 0.246 e. The molecule has 0 radical (unpaired) electrons. The molecule has 0 bridgehead atoms. The fourth-order valence-electron chi connectivity index (χ4n) is 2.70. The van der Waals surface area contributed by atoms with Crippen molar-refractivity contribution in [3.63, 3.8) is 0 Å². The molecule has 0 saturated heterocycles. The average Bonchev–Trinajstić information content (AvgIpc) is 2.59. The zero-order valence-electron chi connectivity index (χ0n) is 15.6. The van der Waals surface area contributed by atoms with E-state index < -0.39 is 5.60 Å². The summed E-state index contributed by atoms with van der Waals surface area (Å²) in [7, 11) is 0. The van der Waals surface area contributed by atoms with Gasteiger partial charge < -0.3 is 21.1 Å². The average molecular weight is 348 g/mol. The molecule has 140 valence electrons. The Bertz CT molecular complexity index is 525. The molecule has 1 amide bonds. The number of carbonyl (C=O) groups excluding carboxylic acids is 1. The van der Waals surface area contributed by atoms with E-state index >= 15 is 0 Å². The summed E-state index contributed by atoms with van der Waals surface area (Å²) in [5.74, 6) is 0.358. The summed E-state index contributed by atoms with van der Waals surface area (Å²) in [6, 6.07) is 9.30. The van der Waals surface area contributed by atoms with E-state index in [1.54, 1.807) is 0 Å². The summed E-state index contributed by atoms with van der Waals surface area (Å²) in [6.45, 7) is 7.21. The van der Waals surface area contributed by atoms with Gasteiger partial charge in [0.05, 0.1) is 5.60 Å². The third-order valence-corrected chi connectivity index (χ3v) is 3.80. The molecule has 1 aromatic rings. The van der Waals surface area contributed by atoms with Gasteiger partial charge in [0.25, 0.3) is 0 Å². The maximum absolute atomic E-state index is 12.0. The van der Waals surface area contributed by atoms with E-state index in [2.05, 4.69) is 34.8 Å². The van der Waals surface area contributed by atoms with Gasteiger partial charge in [-0.2, -0.15) is 0 Å². The van der Waals surface area contributed by atoms with E-state index in [-0.39, 0.29) is 12.5 Å². The quantitative estimate of drug-likeness (QED) is 0.387. The molecule has 0 heterocycles. The van der Waals surface area contributed by atoms with E-state index in [0.29, 0.717) is 19.0 Å². The number of guanidine groups is 1.